The summed E-state index contributed by atoms with van der Waals surface area (Å²) in [5.41, 5.74) is 2.51. The molecule has 2 aromatic carbocycles. The van der Waals surface area contributed by atoms with Crippen LogP contribution in [0.4, 0.5) is 0 Å². The number of nitrogens with zero attached hydrogens (tertiary/aromatic N) is 2. The Morgan fingerprint density at radius 1 is 1.00 bits per heavy atom. The van der Waals surface area contributed by atoms with Crippen molar-refractivity contribution < 1.29 is 9.15 Å². The predicted octanol–water partition coefficient (Wildman–Crippen LogP) is 3.63. The molecule has 5 nitrogen and oxygen atoms in total. The number of fused-ring (bicyclic) bond motifs is 1. The number of methoxy groups -OCH3 is 1. The molecule has 0 unspecified atom stereocenters. The Bertz CT molecular complexity index is 1030. The summed E-state index contributed by atoms with van der Waals surface area (Å²) in [6.07, 6.45) is 4.41. The number of hydrogen-bond acceptors (Lipinski definition) is 5. The summed E-state index contributed by atoms with van der Waals surface area (Å²) in [5.74, 6) is 0.690. The largest absolute Gasteiger partial charge is 0.497 e. The van der Waals surface area contributed by atoms with Gasteiger partial charge in [0.2, 0.25) is 0 Å². The molecule has 0 saturated carbocycles. The van der Waals surface area contributed by atoms with Crippen molar-refractivity contribution in [2.45, 2.75) is 6.54 Å². The fourth-order valence-electron chi connectivity index (χ4n) is 3.74. The molecule has 1 fully saturated rings. The predicted molar refractivity (Wildman–Crippen MR) is 116 cm³/mol. The van der Waals surface area contributed by atoms with Crippen molar-refractivity contribution in [1.82, 2.24) is 9.80 Å². The average molecular weight is 390 g/mol. The van der Waals surface area contributed by atoms with Crippen LogP contribution in [-0.4, -0.2) is 49.6 Å². The van der Waals surface area contributed by atoms with Gasteiger partial charge in [-0.2, -0.15) is 0 Å². The molecule has 0 spiro atoms. The van der Waals surface area contributed by atoms with E-state index in [0.717, 1.165) is 50.2 Å². The Kier molecular flexibility index (Phi) is 6.08. The van der Waals surface area contributed by atoms with Gasteiger partial charge in [-0.1, -0.05) is 42.5 Å². The molecule has 0 N–H and O–H groups in total. The maximum absolute atomic E-state index is 12.0. The van der Waals surface area contributed by atoms with Gasteiger partial charge in [0.1, 0.15) is 11.3 Å². The van der Waals surface area contributed by atoms with Crippen LogP contribution in [0.1, 0.15) is 11.1 Å². The summed E-state index contributed by atoms with van der Waals surface area (Å²) >= 11 is 0. The lowest BCUT2D eigenvalue weighted by molar-refractivity contribution is 0.137. The van der Waals surface area contributed by atoms with Gasteiger partial charge in [-0.25, -0.2) is 4.79 Å². The first-order valence-corrected chi connectivity index (χ1v) is 9.98. The van der Waals surface area contributed by atoms with Gasteiger partial charge in [0.05, 0.1) is 7.11 Å². The molecule has 3 aromatic rings. The van der Waals surface area contributed by atoms with Gasteiger partial charge in [0, 0.05) is 56.8 Å². The fraction of sp³-hybridized carbons (Fsp3) is 0.292. The molecule has 0 atom stereocenters. The van der Waals surface area contributed by atoms with E-state index in [2.05, 4.69) is 46.2 Å². The number of ether oxygens (including phenoxy) is 1. The van der Waals surface area contributed by atoms with E-state index >= 15 is 0 Å². The van der Waals surface area contributed by atoms with Crippen molar-refractivity contribution in [2.24, 2.45) is 0 Å². The van der Waals surface area contributed by atoms with Gasteiger partial charge in [-0.05, 0) is 23.3 Å². The van der Waals surface area contributed by atoms with E-state index in [-0.39, 0.29) is 5.63 Å². The molecule has 2 heterocycles. The van der Waals surface area contributed by atoms with Gasteiger partial charge < -0.3 is 9.15 Å². The third-order valence-electron chi connectivity index (χ3n) is 5.37. The van der Waals surface area contributed by atoms with Gasteiger partial charge in [-0.3, -0.25) is 9.80 Å². The lowest BCUT2D eigenvalue weighted by atomic mass is 10.1. The van der Waals surface area contributed by atoms with Crippen molar-refractivity contribution >= 4 is 17.0 Å². The van der Waals surface area contributed by atoms with Crippen LogP contribution >= 0.6 is 0 Å². The highest BCUT2D eigenvalue weighted by atomic mass is 16.5. The van der Waals surface area contributed by atoms with Gasteiger partial charge >= 0.3 is 5.63 Å². The summed E-state index contributed by atoms with van der Waals surface area (Å²) in [6.45, 7) is 5.72. The molecule has 1 saturated heterocycles. The second kappa shape index (κ2) is 9.07. The molecule has 0 bridgehead atoms. The van der Waals surface area contributed by atoms with E-state index in [1.165, 1.54) is 5.56 Å². The van der Waals surface area contributed by atoms with Crippen LogP contribution in [0.15, 0.2) is 69.9 Å². The SMILES string of the molecule is COc1ccc2c(CN3CCN(C/C=C/c4ccccc4)CC3)cc(=O)oc2c1. The zero-order valence-corrected chi connectivity index (χ0v) is 16.7. The van der Waals surface area contributed by atoms with E-state index in [0.29, 0.717) is 11.3 Å². The summed E-state index contributed by atoms with van der Waals surface area (Å²) in [7, 11) is 1.61. The fourth-order valence-corrected chi connectivity index (χ4v) is 3.74. The smallest absolute Gasteiger partial charge is 0.336 e. The molecular weight excluding hydrogens is 364 g/mol. The highest BCUT2D eigenvalue weighted by Crippen LogP contribution is 2.23. The van der Waals surface area contributed by atoms with Crippen LogP contribution in [0.5, 0.6) is 5.75 Å². The maximum Gasteiger partial charge on any atom is 0.336 e. The highest BCUT2D eigenvalue weighted by Gasteiger charge is 2.17. The quantitative estimate of drug-likeness (QED) is 0.602. The Balaban J connectivity index is 1.36. The molecule has 150 valence electrons. The Morgan fingerprint density at radius 2 is 1.76 bits per heavy atom. The van der Waals surface area contributed by atoms with Crippen molar-refractivity contribution in [1.29, 1.82) is 0 Å². The van der Waals surface area contributed by atoms with Crippen molar-refractivity contribution in [3.8, 4) is 5.75 Å². The minimum Gasteiger partial charge on any atom is -0.497 e. The first-order valence-electron chi connectivity index (χ1n) is 9.98. The van der Waals surface area contributed by atoms with E-state index in [1.54, 1.807) is 19.2 Å². The molecule has 1 aliphatic heterocycles. The van der Waals surface area contributed by atoms with E-state index in [1.807, 2.05) is 18.2 Å². The molecule has 0 amide bonds. The normalized spacial score (nSPS) is 15.9. The molecular formula is C24H26N2O3. The Hall–Kier alpha value is -2.89. The Morgan fingerprint density at radius 3 is 2.52 bits per heavy atom. The number of hydrogen-bond donors (Lipinski definition) is 0. The summed E-state index contributed by atoms with van der Waals surface area (Å²) < 4.78 is 10.6. The first kappa shape index (κ1) is 19.4. The van der Waals surface area contributed by atoms with Gasteiger partial charge in [-0.15, -0.1) is 0 Å². The summed E-state index contributed by atoms with van der Waals surface area (Å²) in [5, 5.41) is 0.971. The number of rotatable bonds is 6. The van der Waals surface area contributed by atoms with Crippen LogP contribution < -0.4 is 10.4 Å². The third kappa shape index (κ3) is 4.94. The molecule has 0 aliphatic carbocycles. The summed E-state index contributed by atoms with van der Waals surface area (Å²) in [6, 6.07) is 17.6. The van der Waals surface area contributed by atoms with Crippen molar-refractivity contribution in [3.63, 3.8) is 0 Å². The first-order chi connectivity index (χ1) is 14.2. The molecule has 1 aromatic heterocycles. The van der Waals surface area contributed by atoms with Crippen molar-refractivity contribution in [3.05, 3.63) is 82.2 Å². The van der Waals surface area contributed by atoms with Crippen LogP contribution in [0.3, 0.4) is 0 Å². The lowest BCUT2D eigenvalue weighted by Gasteiger charge is -2.34. The van der Waals surface area contributed by atoms with E-state index < -0.39 is 0 Å². The van der Waals surface area contributed by atoms with Crippen LogP contribution in [0.25, 0.3) is 17.0 Å². The molecule has 5 heteroatoms. The second-order valence-corrected chi connectivity index (χ2v) is 7.34. The molecule has 4 rings (SSSR count). The highest BCUT2D eigenvalue weighted by molar-refractivity contribution is 5.81. The van der Waals surface area contributed by atoms with Crippen LogP contribution in [0, 0.1) is 0 Å². The van der Waals surface area contributed by atoms with Crippen molar-refractivity contribution in [2.75, 3.05) is 39.8 Å². The van der Waals surface area contributed by atoms with Crippen LogP contribution in [0.2, 0.25) is 0 Å². The maximum atomic E-state index is 12.0. The zero-order valence-electron chi connectivity index (χ0n) is 16.7. The molecule has 0 radical (unpaired) electrons. The van der Waals surface area contributed by atoms with Gasteiger partial charge in [0.25, 0.3) is 0 Å². The van der Waals surface area contributed by atoms with Gasteiger partial charge in [0.15, 0.2) is 0 Å². The van der Waals surface area contributed by atoms with E-state index in [4.69, 9.17) is 9.15 Å². The number of benzene rings is 2. The lowest BCUT2D eigenvalue weighted by Crippen LogP contribution is -2.45. The Labute approximate surface area is 170 Å². The molecule has 29 heavy (non-hydrogen) atoms. The second-order valence-electron chi connectivity index (χ2n) is 7.34. The average Bonchev–Trinajstić information content (AvgIpc) is 2.75. The minimum absolute atomic E-state index is 0.314. The third-order valence-corrected chi connectivity index (χ3v) is 5.37. The number of piperazine rings is 1. The monoisotopic (exact) mass is 390 g/mol. The summed E-state index contributed by atoms with van der Waals surface area (Å²) in [4.78, 5) is 16.8. The topological polar surface area (TPSA) is 45.9 Å². The minimum atomic E-state index is -0.314. The standard InChI is InChI=1S/C24H26N2O3/c1-28-21-9-10-22-20(16-24(27)29-23(22)17-21)18-26-14-12-25(13-15-26)11-5-8-19-6-3-2-4-7-19/h2-10,16-17H,11-15,18H2,1H3/b8-5+. The van der Waals surface area contributed by atoms with E-state index in [9.17, 15) is 4.79 Å². The van der Waals surface area contributed by atoms with Crippen LogP contribution in [-0.2, 0) is 6.54 Å². The molecule has 1 aliphatic rings. The zero-order chi connectivity index (χ0) is 20.1.